The maximum atomic E-state index is 14.4. The van der Waals surface area contributed by atoms with E-state index >= 15 is 0 Å². The Morgan fingerprint density at radius 3 is 2.96 bits per heavy atom. The minimum atomic E-state index is -3.75. The van der Waals surface area contributed by atoms with Gasteiger partial charge in [-0.2, -0.15) is 0 Å². The van der Waals surface area contributed by atoms with Gasteiger partial charge in [0, 0.05) is 23.7 Å². The zero-order chi connectivity index (χ0) is 16.4. The summed E-state index contributed by atoms with van der Waals surface area (Å²) in [5.74, 6) is -1.01. The molecule has 8 heteroatoms. The maximum absolute atomic E-state index is 14.4. The van der Waals surface area contributed by atoms with Crippen LogP contribution < -0.4 is 10.6 Å². The van der Waals surface area contributed by atoms with Crippen molar-refractivity contribution in [3.8, 4) is 0 Å². The molecule has 0 radical (unpaired) electrons. The molecule has 1 aliphatic heterocycles. The van der Waals surface area contributed by atoms with Crippen LogP contribution in [0.3, 0.4) is 0 Å². The number of nitrogens with zero attached hydrogens (tertiary/aromatic N) is 1. The highest BCUT2D eigenvalue weighted by Gasteiger charge is 2.23. The van der Waals surface area contributed by atoms with E-state index in [0.29, 0.717) is 11.4 Å². The lowest BCUT2D eigenvalue weighted by atomic mass is 10.1. The third-order valence-electron chi connectivity index (χ3n) is 3.86. The molecule has 2 aromatic rings. The van der Waals surface area contributed by atoms with E-state index in [1.54, 1.807) is 17.8 Å². The van der Waals surface area contributed by atoms with Crippen molar-refractivity contribution in [2.45, 2.75) is 30.0 Å². The number of hydrogen-bond acceptors (Lipinski definition) is 6. The van der Waals surface area contributed by atoms with Gasteiger partial charge in [-0.15, -0.1) is 11.3 Å². The first kappa shape index (κ1) is 16.4. The van der Waals surface area contributed by atoms with Crippen molar-refractivity contribution in [3.05, 3.63) is 40.1 Å². The van der Waals surface area contributed by atoms with Crippen molar-refractivity contribution in [3.63, 3.8) is 0 Å². The molecule has 2 heterocycles. The predicted molar refractivity (Wildman–Crippen MR) is 89.0 cm³/mol. The minimum Gasteiger partial charge on any atom is -0.381 e. The Labute approximate surface area is 138 Å². The van der Waals surface area contributed by atoms with Crippen molar-refractivity contribution < 1.29 is 12.8 Å². The highest BCUT2D eigenvalue weighted by molar-refractivity contribution is 7.90. The lowest BCUT2D eigenvalue weighted by Crippen LogP contribution is -2.22. The molecule has 1 aromatic heterocycles. The second-order valence-electron chi connectivity index (χ2n) is 5.67. The molecular formula is C15H18FN3O2S2. The van der Waals surface area contributed by atoms with Gasteiger partial charge >= 0.3 is 0 Å². The number of aromatic nitrogens is 1. The number of hydrogen-bond donors (Lipinski definition) is 2. The molecule has 1 aliphatic rings. The van der Waals surface area contributed by atoms with E-state index < -0.39 is 15.7 Å². The second-order valence-corrected chi connectivity index (χ2v) is 8.35. The monoisotopic (exact) mass is 355 g/mol. The fraction of sp³-hybridized carbons (Fsp3) is 0.400. The molecule has 1 saturated heterocycles. The van der Waals surface area contributed by atoms with E-state index in [0.717, 1.165) is 25.1 Å². The first-order chi connectivity index (χ1) is 11.0. The van der Waals surface area contributed by atoms with Crippen LogP contribution >= 0.6 is 11.3 Å². The van der Waals surface area contributed by atoms with Crippen molar-refractivity contribution >= 4 is 26.9 Å². The molecular weight excluding hydrogens is 337 g/mol. The fourth-order valence-corrected chi connectivity index (χ4v) is 4.71. The van der Waals surface area contributed by atoms with Crippen molar-refractivity contribution in [2.24, 2.45) is 0 Å². The minimum absolute atomic E-state index is 0.241. The molecule has 0 spiro atoms. The van der Waals surface area contributed by atoms with E-state index in [9.17, 15) is 12.8 Å². The molecule has 1 atom stereocenters. The fourth-order valence-electron chi connectivity index (χ4n) is 2.63. The number of aryl methyl sites for hydroxylation is 1. The molecule has 0 aliphatic carbocycles. The van der Waals surface area contributed by atoms with E-state index in [1.165, 1.54) is 23.5 Å². The van der Waals surface area contributed by atoms with Crippen LogP contribution in [-0.2, 0) is 15.6 Å². The van der Waals surface area contributed by atoms with Gasteiger partial charge in [-0.3, -0.25) is 0 Å². The Morgan fingerprint density at radius 2 is 2.30 bits per heavy atom. The summed E-state index contributed by atoms with van der Waals surface area (Å²) >= 11 is 1.32. The molecule has 1 fully saturated rings. The molecule has 0 unspecified atom stereocenters. The number of thiazole rings is 1. The zero-order valence-electron chi connectivity index (χ0n) is 12.7. The Bertz CT molecular complexity index is 785. The van der Waals surface area contributed by atoms with Gasteiger partial charge in [-0.1, -0.05) is 0 Å². The number of anilines is 1. The quantitative estimate of drug-likeness (QED) is 0.861. The van der Waals surface area contributed by atoms with Crippen LogP contribution in [-0.4, -0.2) is 32.5 Å². The summed E-state index contributed by atoms with van der Waals surface area (Å²) in [6.07, 6.45) is 0.963. The summed E-state index contributed by atoms with van der Waals surface area (Å²) in [5.41, 5.74) is 3.36. The van der Waals surface area contributed by atoms with Crippen LogP contribution in [0.4, 0.5) is 10.1 Å². The molecule has 2 N–H and O–H groups in total. The summed E-state index contributed by atoms with van der Waals surface area (Å²) in [5, 5.41) is 8.15. The number of rotatable bonds is 5. The number of sulfone groups is 1. The number of halogens is 1. The average Bonchev–Trinajstić information content (AvgIpc) is 3.15. The summed E-state index contributed by atoms with van der Waals surface area (Å²) in [4.78, 5) is 3.70. The largest absolute Gasteiger partial charge is 0.381 e. The number of nitrogens with one attached hydrogen (secondary N) is 2. The normalized spacial score (nSPS) is 18.3. The van der Waals surface area contributed by atoms with Gasteiger partial charge in [0.25, 0.3) is 0 Å². The van der Waals surface area contributed by atoms with Gasteiger partial charge in [0.05, 0.1) is 17.0 Å². The highest BCUT2D eigenvalue weighted by Crippen LogP contribution is 2.27. The van der Waals surface area contributed by atoms with Gasteiger partial charge in [0.15, 0.2) is 9.84 Å². The summed E-state index contributed by atoms with van der Waals surface area (Å²) in [6, 6.07) is 2.93. The van der Waals surface area contributed by atoms with Crippen molar-refractivity contribution in [1.29, 1.82) is 0 Å². The molecule has 23 heavy (non-hydrogen) atoms. The second kappa shape index (κ2) is 6.54. The summed E-state index contributed by atoms with van der Waals surface area (Å²) in [7, 11) is -3.75. The Hall–Kier alpha value is -1.51. The third-order valence-corrected chi connectivity index (χ3v) is 6.15. The van der Waals surface area contributed by atoms with Gasteiger partial charge in [0.2, 0.25) is 0 Å². The summed E-state index contributed by atoms with van der Waals surface area (Å²) in [6.45, 7) is 3.54. The van der Waals surface area contributed by atoms with Crippen LogP contribution in [0.1, 0.15) is 17.7 Å². The standard InChI is InChI=1S/C15H18FN3O2S2/c1-10-4-15(23(20,21)8-12-7-22-9-18-12)13(16)5-14(10)19-11-2-3-17-6-11/h4-5,7,9,11,17,19H,2-3,6,8H2,1H3/t11-/m0/s1. The van der Waals surface area contributed by atoms with E-state index in [-0.39, 0.29) is 16.7 Å². The first-order valence-electron chi connectivity index (χ1n) is 7.33. The molecule has 0 saturated carbocycles. The topological polar surface area (TPSA) is 71.1 Å². The van der Waals surface area contributed by atoms with Gasteiger partial charge < -0.3 is 10.6 Å². The molecule has 5 nitrogen and oxygen atoms in total. The predicted octanol–water partition coefficient (Wildman–Crippen LogP) is 2.34. The molecule has 124 valence electrons. The Balaban J connectivity index is 1.86. The summed E-state index contributed by atoms with van der Waals surface area (Å²) < 4.78 is 39.2. The van der Waals surface area contributed by atoms with Gasteiger partial charge in [-0.05, 0) is 37.6 Å². The zero-order valence-corrected chi connectivity index (χ0v) is 14.3. The van der Waals surface area contributed by atoms with Crippen molar-refractivity contribution in [1.82, 2.24) is 10.3 Å². The van der Waals surface area contributed by atoms with Crippen LogP contribution in [0.5, 0.6) is 0 Å². The molecule has 0 amide bonds. The Kier molecular flexibility index (Phi) is 4.65. The average molecular weight is 355 g/mol. The maximum Gasteiger partial charge on any atom is 0.187 e. The third kappa shape index (κ3) is 3.70. The highest BCUT2D eigenvalue weighted by atomic mass is 32.2. The van der Waals surface area contributed by atoms with Crippen LogP contribution in [0, 0.1) is 12.7 Å². The van der Waals surface area contributed by atoms with E-state index in [4.69, 9.17) is 0 Å². The van der Waals surface area contributed by atoms with Crippen LogP contribution in [0.25, 0.3) is 0 Å². The van der Waals surface area contributed by atoms with E-state index in [1.807, 2.05) is 0 Å². The van der Waals surface area contributed by atoms with Crippen LogP contribution in [0.15, 0.2) is 27.9 Å². The van der Waals surface area contributed by atoms with Crippen molar-refractivity contribution in [2.75, 3.05) is 18.4 Å². The van der Waals surface area contributed by atoms with Crippen LogP contribution in [0.2, 0.25) is 0 Å². The van der Waals surface area contributed by atoms with Gasteiger partial charge in [0.1, 0.15) is 10.7 Å². The molecule has 3 rings (SSSR count). The SMILES string of the molecule is Cc1cc(S(=O)(=O)Cc2cscn2)c(F)cc1N[C@H]1CCNC1. The number of benzene rings is 1. The molecule has 0 bridgehead atoms. The smallest absolute Gasteiger partial charge is 0.187 e. The first-order valence-corrected chi connectivity index (χ1v) is 9.92. The molecule has 1 aromatic carbocycles. The lowest BCUT2D eigenvalue weighted by molar-refractivity contribution is 0.565. The Morgan fingerprint density at radius 1 is 1.48 bits per heavy atom. The van der Waals surface area contributed by atoms with Gasteiger partial charge in [-0.25, -0.2) is 17.8 Å². The van der Waals surface area contributed by atoms with E-state index in [2.05, 4.69) is 15.6 Å². The lowest BCUT2D eigenvalue weighted by Gasteiger charge is -2.16.